The molecule has 2 heterocycles. The molecular weight excluding hydrogens is 420 g/mol. The molecule has 0 radical (unpaired) electrons. The predicted molar refractivity (Wildman–Crippen MR) is 115 cm³/mol. The van der Waals surface area contributed by atoms with E-state index in [0.717, 1.165) is 19.3 Å². The zero-order chi connectivity index (χ0) is 21.7. The van der Waals surface area contributed by atoms with Crippen molar-refractivity contribution >= 4 is 38.5 Å². The number of hydrogen-bond donors (Lipinski definition) is 2. The van der Waals surface area contributed by atoms with E-state index in [1.807, 2.05) is 12.1 Å². The molecule has 1 amide bonds. The normalized spacial score (nSPS) is 14.5. The number of carbonyl (C=O) groups is 1. The molecule has 4 rings (SSSR count). The molecule has 0 saturated carbocycles. The van der Waals surface area contributed by atoms with E-state index in [2.05, 4.69) is 25.3 Å². The van der Waals surface area contributed by atoms with Crippen LogP contribution in [-0.2, 0) is 14.8 Å². The number of aliphatic imine (C=N–C) groups is 1. The minimum Gasteiger partial charge on any atom is -0.385 e. The fourth-order valence-corrected chi connectivity index (χ4v) is 4.31. The Balaban J connectivity index is 1.39. The van der Waals surface area contributed by atoms with E-state index in [1.165, 1.54) is 17.0 Å². The quantitative estimate of drug-likeness (QED) is 0.599. The molecule has 10 nitrogen and oxygen atoms in total. The van der Waals surface area contributed by atoms with E-state index >= 15 is 0 Å². The Bertz CT molecular complexity index is 1220. The van der Waals surface area contributed by atoms with Crippen LogP contribution in [0.15, 0.2) is 58.4 Å². The van der Waals surface area contributed by atoms with Crippen molar-refractivity contribution < 1.29 is 18.0 Å². The van der Waals surface area contributed by atoms with Crippen molar-refractivity contribution in [3.8, 4) is 0 Å². The lowest BCUT2D eigenvalue weighted by Crippen LogP contribution is -2.30. The van der Waals surface area contributed by atoms with Crippen molar-refractivity contribution in [1.29, 1.82) is 0 Å². The monoisotopic (exact) mass is 442 g/mol. The fourth-order valence-electron chi connectivity index (χ4n) is 3.17. The second-order valence-electron chi connectivity index (χ2n) is 7.05. The highest BCUT2D eigenvalue weighted by Crippen LogP contribution is 2.16. The van der Waals surface area contributed by atoms with E-state index in [4.69, 9.17) is 4.84 Å². The lowest BCUT2D eigenvalue weighted by Gasteiger charge is -2.11. The number of fused-ring (bicyclic) bond motifs is 1. The number of carbonyl (C=O) groups excluding carboxylic acids is 1. The summed E-state index contributed by atoms with van der Waals surface area (Å²) in [6.45, 7) is 0.300. The van der Waals surface area contributed by atoms with Crippen molar-refractivity contribution in [2.24, 2.45) is 4.99 Å². The molecule has 162 valence electrons. The molecule has 0 unspecified atom stereocenters. The Morgan fingerprint density at radius 2 is 1.97 bits per heavy atom. The van der Waals surface area contributed by atoms with E-state index in [0.29, 0.717) is 35.5 Å². The standard InChI is InChI=1S/C20H22N6O4S/c27-20(14-30-26-18-10-4-3-9-17(18)23-25-26)22-15-7-6-8-16(13-15)31(28,29)24-19-11-2-1-5-12-21-19/h3-4,6-10,13H,1-2,5,11-12,14H2,(H,21,24)(H,22,27). The first-order valence-electron chi connectivity index (χ1n) is 9.91. The molecule has 0 atom stereocenters. The summed E-state index contributed by atoms with van der Waals surface area (Å²) >= 11 is 0. The smallest absolute Gasteiger partial charge is 0.265 e. The molecule has 31 heavy (non-hydrogen) atoms. The molecular formula is C20H22N6O4S. The van der Waals surface area contributed by atoms with Gasteiger partial charge in [0.15, 0.2) is 6.61 Å². The number of hydrogen-bond acceptors (Lipinski definition) is 7. The fraction of sp³-hybridized carbons (Fsp3) is 0.300. The summed E-state index contributed by atoms with van der Waals surface area (Å²) in [6, 6.07) is 13.2. The predicted octanol–water partition coefficient (Wildman–Crippen LogP) is 1.75. The van der Waals surface area contributed by atoms with Gasteiger partial charge < -0.3 is 10.2 Å². The highest BCUT2D eigenvalue weighted by atomic mass is 32.2. The zero-order valence-corrected chi connectivity index (χ0v) is 17.5. The van der Waals surface area contributed by atoms with Gasteiger partial charge in [0.1, 0.15) is 16.9 Å². The van der Waals surface area contributed by atoms with Gasteiger partial charge in [-0.05, 0) is 48.4 Å². The summed E-state index contributed by atoms with van der Waals surface area (Å²) in [5.74, 6) is 0.00984. The number of nitrogens with one attached hydrogen (secondary N) is 2. The molecule has 0 fully saturated rings. The summed E-state index contributed by atoms with van der Waals surface area (Å²) in [4.78, 5) is 23.2. The van der Waals surface area contributed by atoms with E-state index in [-0.39, 0.29) is 11.5 Å². The minimum atomic E-state index is -3.79. The number of sulfonamides is 1. The van der Waals surface area contributed by atoms with Crippen LogP contribution in [0.5, 0.6) is 0 Å². The van der Waals surface area contributed by atoms with Gasteiger partial charge in [0.05, 0.1) is 4.90 Å². The SMILES string of the molecule is O=C(COn1nnc2ccccc21)Nc1cccc(S(=O)(=O)NC2=NCCCCC2)c1. The summed E-state index contributed by atoms with van der Waals surface area (Å²) < 4.78 is 28.0. The maximum Gasteiger partial charge on any atom is 0.265 e. The Morgan fingerprint density at radius 3 is 2.87 bits per heavy atom. The van der Waals surface area contributed by atoms with Gasteiger partial charge in [0.2, 0.25) is 0 Å². The van der Waals surface area contributed by atoms with Crippen LogP contribution < -0.4 is 14.9 Å². The summed E-state index contributed by atoms with van der Waals surface area (Å²) in [5, 5.41) is 10.4. The highest BCUT2D eigenvalue weighted by Gasteiger charge is 2.18. The first kappa shape index (κ1) is 20.8. The lowest BCUT2D eigenvalue weighted by molar-refractivity contribution is -0.121. The van der Waals surface area contributed by atoms with Gasteiger partial charge in [-0.25, -0.2) is 8.42 Å². The number of benzene rings is 2. The second kappa shape index (κ2) is 9.13. The Labute approximate surface area is 179 Å². The first-order valence-corrected chi connectivity index (χ1v) is 11.4. The van der Waals surface area contributed by atoms with Crippen molar-refractivity contribution in [2.75, 3.05) is 18.5 Å². The summed E-state index contributed by atoms with van der Waals surface area (Å²) in [5.41, 5.74) is 1.62. The third-order valence-electron chi connectivity index (χ3n) is 4.69. The van der Waals surface area contributed by atoms with Gasteiger partial charge in [-0.15, -0.1) is 5.10 Å². The van der Waals surface area contributed by atoms with E-state index in [1.54, 1.807) is 24.3 Å². The second-order valence-corrected chi connectivity index (χ2v) is 8.73. The molecule has 0 spiro atoms. The number of para-hydroxylation sites is 1. The first-order chi connectivity index (χ1) is 15.0. The number of anilines is 1. The van der Waals surface area contributed by atoms with Gasteiger partial charge in [0, 0.05) is 18.7 Å². The van der Waals surface area contributed by atoms with Crippen molar-refractivity contribution in [3.63, 3.8) is 0 Å². The molecule has 0 bridgehead atoms. The average Bonchev–Trinajstić information content (AvgIpc) is 3.00. The number of amides is 1. The highest BCUT2D eigenvalue weighted by molar-refractivity contribution is 7.90. The van der Waals surface area contributed by atoms with Gasteiger partial charge >= 0.3 is 0 Å². The van der Waals surface area contributed by atoms with Crippen LogP contribution in [0.3, 0.4) is 0 Å². The molecule has 11 heteroatoms. The van der Waals surface area contributed by atoms with Gasteiger partial charge in [-0.2, -0.15) is 0 Å². The van der Waals surface area contributed by atoms with Crippen LogP contribution >= 0.6 is 0 Å². The molecule has 1 aromatic heterocycles. The Morgan fingerprint density at radius 1 is 1.10 bits per heavy atom. The van der Waals surface area contributed by atoms with Crippen LogP contribution in [-0.4, -0.2) is 48.5 Å². The van der Waals surface area contributed by atoms with Crippen LogP contribution in [0, 0.1) is 0 Å². The number of rotatable bonds is 6. The van der Waals surface area contributed by atoms with Crippen LogP contribution in [0.2, 0.25) is 0 Å². The van der Waals surface area contributed by atoms with E-state index in [9.17, 15) is 13.2 Å². The largest absolute Gasteiger partial charge is 0.385 e. The summed E-state index contributed by atoms with van der Waals surface area (Å²) in [6.07, 6.45) is 3.49. The Hall–Kier alpha value is -3.47. The number of nitrogens with zero attached hydrogens (tertiary/aromatic N) is 4. The van der Waals surface area contributed by atoms with Crippen LogP contribution in [0.1, 0.15) is 25.7 Å². The molecule has 2 N–H and O–H groups in total. The van der Waals surface area contributed by atoms with Gasteiger partial charge in [-0.1, -0.05) is 29.5 Å². The van der Waals surface area contributed by atoms with Gasteiger partial charge in [0.25, 0.3) is 15.9 Å². The third kappa shape index (κ3) is 5.18. The van der Waals surface area contributed by atoms with Gasteiger partial charge in [-0.3, -0.25) is 14.5 Å². The maximum atomic E-state index is 12.7. The maximum absolute atomic E-state index is 12.7. The third-order valence-corrected chi connectivity index (χ3v) is 6.07. The number of aromatic nitrogens is 3. The topological polar surface area (TPSA) is 128 Å². The molecule has 0 aliphatic carbocycles. The van der Waals surface area contributed by atoms with E-state index < -0.39 is 15.9 Å². The zero-order valence-electron chi connectivity index (χ0n) is 16.7. The number of amidine groups is 1. The molecule has 0 saturated heterocycles. The molecule has 2 aromatic carbocycles. The molecule has 3 aromatic rings. The molecule has 1 aliphatic heterocycles. The summed E-state index contributed by atoms with van der Waals surface area (Å²) in [7, 11) is -3.79. The Kier molecular flexibility index (Phi) is 6.12. The van der Waals surface area contributed by atoms with Crippen LogP contribution in [0.4, 0.5) is 5.69 Å². The molecule has 1 aliphatic rings. The minimum absolute atomic E-state index is 0.0421. The average molecular weight is 443 g/mol. The van der Waals surface area contributed by atoms with Crippen molar-refractivity contribution in [3.05, 3.63) is 48.5 Å². The van der Waals surface area contributed by atoms with Crippen molar-refractivity contribution in [2.45, 2.75) is 30.6 Å². The lowest BCUT2D eigenvalue weighted by atomic mass is 10.2. The van der Waals surface area contributed by atoms with Crippen LogP contribution in [0.25, 0.3) is 11.0 Å². The van der Waals surface area contributed by atoms with Crippen molar-refractivity contribution in [1.82, 2.24) is 19.9 Å².